The first kappa shape index (κ1) is 58.5. The Morgan fingerprint density at radius 2 is 0.814 bits per heavy atom. The van der Waals surface area contributed by atoms with Gasteiger partial charge in [0.05, 0.1) is 39.9 Å². The topological polar surface area (TPSA) is 105 Å². The minimum absolute atomic E-state index is 0.0789. The average molecular weight is 860 g/mol. The number of hydrogen-bond donors (Lipinski definition) is 3. The van der Waals surface area contributed by atoms with Gasteiger partial charge in [-0.05, 0) is 12.8 Å². The molecule has 0 aromatic rings. The van der Waals surface area contributed by atoms with Crippen LogP contribution < -0.4 is 5.32 Å². The van der Waals surface area contributed by atoms with E-state index in [1.165, 1.54) is 199 Å². The van der Waals surface area contributed by atoms with E-state index in [0.29, 0.717) is 23.9 Å². The molecule has 0 rings (SSSR count). The largest absolute Gasteiger partial charge is 0.472 e. The van der Waals surface area contributed by atoms with Gasteiger partial charge < -0.3 is 19.8 Å². The third-order valence-corrected chi connectivity index (χ3v) is 13.1. The van der Waals surface area contributed by atoms with Crippen LogP contribution in [0.25, 0.3) is 0 Å². The Hall–Kier alpha value is -0.500. The fourth-order valence-corrected chi connectivity index (χ4v) is 8.73. The van der Waals surface area contributed by atoms with E-state index in [9.17, 15) is 19.4 Å². The predicted octanol–water partition coefficient (Wildman–Crippen LogP) is 14.9. The molecule has 0 fully saturated rings. The summed E-state index contributed by atoms with van der Waals surface area (Å²) in [6.07, 6.45) is 48.5. The zero-order chi connectivity index (χ0) is 43.6. The Kier molecular flexibility index (Phi) is 42.4. The first-order chi connectivity index (χ1) is 28.5. The number of quaternary nitrogens is 1. The number of hydrogen-bond acceptors (Lipinski definition) is 5. The highest BCUT2D eigenvalue weighted by Gasteiger charge is 2.28. The minimum Gasteiger partial charge on any atom is -0.391 e. The predicted molar refractivity (Wildman–Crippen MR) is 254 cm³/mol. The number of aliphatic hydroxyl groups is 1. The molecule has 8 nitrogen and oxygen atoms in total. The second-order valence-electron chi connectivity index (χ2n) is 19.3. The molecule has 0 heterocycles. The Balaban J connectivity index is 4.22. The summed E-state index contributed by atoms with van der Waals surface area (Å²) in [6.45, 7) is 4.93. The van der Waals surface area contributed by atoms with Crippen molar-refractivity contribution < 1.29 is 32.9 Å². The molecule has 3 unspecified atom stereocenters. The van der Waals surface area contributed by atoms with Gasteiger partial charge in [-0.1, -0.05) is 245 Å². The lowest BCUT2D eigenvalue weighted by Crippen LogP contribution is -2.46. The number of carbonyl (C=O) groups excluding carboxylic acids is 1. The van der Waals surface area contributed by atoms with Crippen molar-refractivity contribution >= 4 is 13.7 Å². The van der Waals surface area contributed by atoms with Crippen LogP contribution in [0.4, 0.5) is 0 Å². The Morgan fingerprint density at radius 3 is 1.14 bits per heavy atom. The minimum atomic E-state index is -4.31. The van der Waals surface area contributed by atoms with Crippen LogP contribution in [0.3, 0.4) is 0 Å². The van der Waals surface area contributed by atoms with Gasteiger partial charge in [0.15, 0.2) is 0 Å². The second kappa shape index (κ2) is 42.8. The molecule has 3 atom stereocenters. The maximum atomic E-state index is 12.9. The molecule has 1 amide bonds. The number of nitrogens with zero attached hydrogens (tertiary/aromatic N) is 1. The van der Waals surface area contributed by atoms with Gasteiger partial charge in [-0.15, -0.1) is 0 Å². The fraction of sp³-hybridized carbons (Fsp3) is 0.980. The lowest BCUT2D eigenvalue weighted by atomic mass is 10.0. The molecule has 3 N–H and O–H groups in total. The van der Waals surface area contributed by atoms with E-state index in [2.05, 4.69) is 19.2 Å². The lowest BCUT2D eigenvalue weighted by molar-refractivity contribution is -0.870. The summed E-state index contributed by atoms with van der Waals surface area (Å²) in [6, 6.07) is -0.754. The molecule has 0 saturated heterocycles. The third-order valence-electron chi connectivity index (χ3n) is 12.1. The first-order valence-corrected chi connectivity index (χ1v) is 27.4. The number of rotatable bonds is 48. The number of phosphoric ester groups is 1. The Bertz CT molecular complexity index is 932. The van der Waals surface area contributed by atoms with E-state index >= 15 is 0 Å². The van der Waals surface area contributed by atoms with Crippen molar-refractivity contribution in [1.82, 2.24) is 5.32 Å². The number of likely N-dealkylation sites (N-methyl/N-ethyl adjacent to an activating group) is 1. The zero-order valence-electron chi connectivity index (χ0n) is 40.3. The van der Waals surface area contributed by atoms with E-state index in [1.807, 2.05) is 21.1 Å². The van der Waals surface area contributed by atoms with Gasteiger partial charge in [0.1, 0.15) is 13.2 Å². The lowest BCUT2D eigenvalue weighted by Gasteiger charge is -2.26. The van der Waals surface area contributed by atoms with Crippen molar-refractivity contribution in [3.63, 3.8) is 0 Å². The highest BCUT2D eigenvalue weighted by atomic mass is 31.2. The first-order valence-electron chi connectivity index (χ1n) is 25.9. The summed E-state index contributed by atoms with van der Waals surface area (Å²) < 4.78 is 23.7. The molecule has 0 bridgehead atoms. The van der Waals surface area contributed by atoms with E-state index in [4.69, 9.17) is 9.05 Å². The van der Waals surface area contributed by atoms with E-state index < -0.39 is 20.0 Å². The highest BCUT2D eigenvalue weighted by Crippen LogP contribution is 2.43. The van der Waals surface area contributed by atoms with Gasteiger partial charge in [0.2, 0.25) is 5.91 Å². The second-order valence-corrected chi connectivity index (χ2v) is 20.7. The van der Waals surface area contributed by atoms with Crippen molar-refractivity contribution in [3.05, 3.63) is 0 Å². The van der Waals surface area contributed by atoms with E-state index in [0.717, 1.165) is 38.5 Å². The van der Waals surface area contributed by atoms with Crippen molar-refractivity contribution in [2.75, 3.05) is 40.9 Å². The van der Waals surface area contributed by atoms with Gasteiger partial charge in [0, 0.05) is 6.42 Å². The SMILES string of the molecule is CCCCCCCCCCCCCCCCCCCCCC(=O)NC(COP(=O)(O)OCC[N+](C)(C)C)C(O)CCCCCCCCCCCCCCCCCCCC. The van der Waals surface area contributed by atoms with Crippen LogP contribution in [0, 0.1) is 0 Å². The molecule has 59 heavy (non-hydrogen) atoms. The van der Waals surface area contributed by atoms with Crippen LogP contribution in [0.15, 0.2) is 0 Å². The van der Waals surface area contributed by atoms with Crippen molar-refractivity contribution in [1.29, 1.82) is 0 Å². The summed E-state index contributed by atoms with van der Waals surface area (Å²) in [7, 11) is 1.63. The number of nitrogens with one attached hydrogen (secondary N) is 1. The molecule has 0 saturated carbocycles. The van der Waals surface area contributed by atoms with Crippen LogP contribution >= 0.6 is 7.82 Å². The van der Waals surface area contributed by atoms with Crippen molar-refractivity contribution in [2.45, 2.75) is 276 Å². The Labute approximate surface area is 368 Å². The number of phosphoric acid groups is 1. The molecule has 0 aliphatic heterocycles. The normalized spacial score (nSPS) is 14.1. The van der Waals surface area contributed by atoms with Crippen LogP contribution in [0.5, 0.6) is 0 Å². The molecule has 0 radical (unpaired) electrons. The summed E-state index contributed by atoms with van der Waals surface area (Å²) in [4.78, 5) is 23.2. The van der Waals surface area contributed by atoms with Gasteiger partial charge in [-0.2, -0.15) is 0 Å². The van der Waals surface area contributed by atoms with Crippen LogP contribution in [0.1, 0.15) is 264 Å². The number of carbonyl (C=O) groups is 1. The number of aliphatic hydroxyl groups excluding tert-OH is 1. The maximum Gasteiger partial charge on any atom is 0.472 e. The Morgan fingerprint density at radius 1 is 0.508 bits per heavy atom. The zero-order valence-corrected chi connectivity index (χ0v) is 41.2. The van der Waals surface area contributed by atoms with Crippen LogP contribution in [-0.2, 0) is 18.4 Å². The fourth-order valence-electron chi connectivity index (χ4n) is 7.99. The molecule has 0 aliphatic carbocycles. The number of unbranched alkanes of at least 4 members (excludes halogenated alkanes) is 35. The van der Waals surface area contributed by atoms with Crippen molar-refractivity contribution in [2.24, 2.45) is 0 Å². The monoisotopic (exact) mass is 860 g/mol. The highest BCUT2D eigenvalue weighted by molar-refractivity contribution is 7.47. The molecule has 0 aromatic heterocycles. The maximum absolute atomic E-state index is 12.9. The molecule has 0 aromatic carbocycles. The molecular formula is C50H104N2O6P+. The molecule has 0 aliphatic rings. The van der Waals surface area contributed by atoms with Gasteiger partial charge in [0.25, 0.3) is 0 Å². The molecule has 9 heteroatoms. The number of amides is 1. The quantitative estimate of drug-likeness (QED) is 0.0320. The van der Waals surface area contributed by atoms with Gasteiger partial charge in [-0.3, -0.25) is 13.8 Å². The summed E-state index contributed by atoms with van der Waals surface area (Å²) in [5, 5.41) is 14.0. The van der Waals surface area contributed by atoms with E-state index in [1.54, 1.807) is 0 Å². The van der Waals surface area contributed by atoms with Gasteiger partial charge in [-0.25, -0.2) is 4.57 Å². The van der Waals surface area contributed by atoms with Crippen molar-refractivity contribution in [3.8, 4) is 0 Å². The summed E-state index contributed by atoms with van der Waals surface area (Å²) in [5.41, 5.74) is 0. The summed E-state index contributed by atoms with van der Waals surface area (Å²) >= 11 is 0. The van der Waals surface area contributed by atoms with Crippen LogP contribution in [0.2, 0.25) is 0 Å². The van der Waals surface area contributed by atoms with E-state index in [-0.39, 0.29) is 19.1 Å². The third kappa shape index (κ3) is 45.3. The smallest absolute Gasteiger partial charge is 0.391 e. The standard InChI is InChI=1S/C50H103N2O6P/c1-6-8-10-12-14-16-18-20-22-24-26-28-30-32-34-36-38-40-42-44-50(54)51-48(47-58-59(55,56)57-46-45-52(3,4)5)49(53)43-41-39-37-35-33-31-29-27-25-23-21-19-17-15-13-11-9-7-2/h48-49,53H,6-47H2,1-5H3,(H-,51,54,55,56)/p+1. The van der Waals surface area contributed by atoms with Gasteiger partial charge >= 0.3 is 7.82 Å². The molecule has 354 valence electrons. The summed E-state index contributed by atoms with van der Waals surface area (Å²) in [5.74, 6) is -0.138. The van der Waals surface area contributed by atoms with Crippen LogP contribution in [-0.4, -0.2) is 73.4 Å². The average Bonchev–Trinajstić information content (AvgIpc) is 3.19. The molecule has 0 spiro atoms. The molecular weight excluding hydrogens is 756 g/mol.